The maximum Gasteiger partial charge on any atom is 0.277 e. The zero-order valence-corrected chi connectivity index (χ0v) is 15.1. The number of ether oxygens (including phenoxy) is 2. The van der Waals surface area contributed by atoms with Gasteiger partial charge in [-0.2, -0.15) is 10.4 Å². The van der Waals surface area contributed by atoms with Gasteiger partial charge in [-0.1, -0.05) is 15.9 Å². The van der Waals surface area contributed by atoms with Crippen LogP contribution in [0.15, 0.2) is 58.1 Å². The Labute approximate surface area is 154 Å². The number of nitriles is 1. The van der Waals surface area contributed by atoms with Crippen LogP contribution in [0, 0.1) is 11.3 Å². The Balaban J connectivity index is 1.84. The zero-order chi connectivity index (χ0) is 18.1. The lowest BCUT2D eigenvalue weighted by Crippen LogP contribution is -2.25. The molecule has 128 valence electrons. The van der Waals surface area contributed by atoms with Crippen LogP contribution in [0.5, 0.6) is 11.5 Å². The summed E-state index contributed by atoms with van der Waals surface area (Å²) in [7, 11) is 0. The Hall–Kier alpha value is -2.85. The average molecular weight is 402 g/mol. The Kier molecular flexibility index (Phi) is 6.99. The number of carbonyl (C=O) groups is 1. The summed E-state index contributed by atoms with van der Waals surface area (Å²) in [6, 6.07) is 16.2. The monoisotopic (exact) mass is 401 g/mol. The highest BCUT2D eigenvalue weighted by Crippen LogP contribution is 2.16. The minimum atomic E-state index is -0.351. The molecule has 0 aliphatic heterocycles. The molecule has 0 aliphatic carbocycles. The van der Waals surface area contributed by atoms with Crippen LogP contribution >= 0.6 is 15.9 Å². The van der Waals surface area contributed by atoms with Gasteiger partial charge in [0.25, 0.3) is 5.91 Å². The van der Waals surface area contributed by atoms with E-state index in [4.69, 9.17) is 14.7 Å². The molecule has 0 radical (unpaired) electrons. The van der Waals surface area contributed by atoms with Crippen LogP contribution in [-0.2, 0) is 4.79 Å². The molecule has 1 N–H and O–H groups in total. The van der Waals surface area contributed by atoms with Crippen molar-refractivity contribution in [2.75, 3.05) is 13.2 Å². The molecule has 2 aromatic carbocycles. The number of hydrogen-bond donors (Lipinski definition) is 1. The standard InChI is InChI=1S/C18H16BrN3O3/c1-13(14-2-6-16(7-3-14)24-11-10-20)21-22-18(23)12-25-17-8-4-15(19)5-9-17/h2-9H,11-12H2,1H3,(H,22,23)/b21-13-. The molecule has 25 heavy (non-hydrogen) atoms. The molecule has 0 aromatic heterocycles. The van der Waals surface area contributed by atoms with Gasteiger partial charge in [0.2, 0.25) is 0 Å². The summed E-state index contributed by atoms with van der Waals surface area (Å²) in [5.74, 6) is 0.855. The van der Waals surface area contributed by atoms with Crippen molar-refractivity contribution in [1.29, 1.82) is 5.26 Å². The van der Waals surface area contributed by atoms with Crippen LogP contribution < -0.4 is 14.9 Å². The second-order valence-electron chi connectivity index (χ2n) is 4.95. The van der Waals surface area contributed by atoms with Gasteiger partial charge in [-0.3, -0.25) is 4.79 Å². The largest absolute Gasteiger partial charge is 0.484 e. The fourth-order valence-electron chi connectivity index (χ4n) is 1.83. The molecular weight excluding hydrogens is 386 g/mol. The van der Waals surface area contributed by atoms with Crippen molar-refractivity contribution < 1.29 is 14.3 Å². The van der Waals surface area contributed by atoms with E-state index in [1.807, 2.05) is 18.2 Å². The number of rotatable bonds is 7. The number of nitrogens with one attached hydrogen (secondary N) is 1. The molecule has 6 nitrogen and oxygen atoms in total. The van der Waals surface area contributed by atoms with Crippen molar-refractivity contribution >= 4 is 27.5 Å². The van der Waals surface area contributed by atoms with Crippen molar-refractivity contribution in [2.45, 2.75) is 6.92 Å². The lowest BCUT2D eigenvalue weighted by molar-refractivity contribution is -0.123. The Morgan fingerprint density at radius 2 is 1.72 bits per heavy atom. The summed E-state index contributed by atoms with van der Waals surface area (Å²) in [6.45, 7) is 1.65. The van der Waals surface area contributed by atoms with E-state index in [1.165, 1.54) is 0 Å². The van der Waals surface area contributed by atoms with Gasteiger partial charge >= 0.3 is 0 Å². The van der Waals surface area contributed by atoms with Crippen molar-refractivity contribution in [2.24, 2.45) is 5.10 Å². The first-order valence-corrected chi connectivity index (χ1v) is 8.19. The molecule has 0 heterocycles. The van der Waals surface area contributed by atoms with E-state index in [-0.39, 0.29) is 19.1 Å². The summed E-state index contributed by atoms with van der Waals surface area (Å²) >= 11 is 3.33. The Bertz CT molecular complexity index is 781. The van der Waals surface area contributed by atoms with Gasteiger partial charge in [-0.25, -0.2) is 5.43 Å². The normalized spacial score (nSPS) is 10.7. The topological polar surface area (TPSA) is 83.7 Å². The molecule has 0 spiro atoms. The highest BCUT2D eigenvalue weighted by molar-refractivity contribution is 9.10. The van der Waals surface area contributed by atoms with Gasteiger partial charge in [-0.15, -0.1) is 0 Å². The number of hydrazone groups is 1. The quantitative estimate of drug-likeness (QED) is 0.569. The van der Waals surface area contributed by atoms with E-state index in [1.54, 1.807) is 43.3 Å². The Morgan fingerprint density at radius 1 is 1.12 bits per heavy atom. The minimum absolute atomic E-state index is 0.000836. The fraction of sp³-hybridized carbons (Fsp3) is 0.167. The van der Waals surface area contributed by atoms with Gasteiger partial charge in [0.05, 0.1) is 5.71 Å². The number of nitrogens with zero attached hydrogens (tertiary/aromatic N) is 2. The number of carbonyl (C=O) groups excluding carboxylic acids is 1. The van der Waals surface area contributed by atoms with Crippen LogP contribution in [0.4, 0.5) is 0 Å². The number of halogens is 1. The highest BCUT2D eigenvalue weighted by Gasteiger charge is 2.03. The molecular formula is C18H16BrN3O3. The maximum absolute atomic E-state index is 11.8. The fourth-order valence-corrected chi connectivity index (χ4v) is 2.10. The SMILES string of the molecule is C/C(=N/NC(=O)COc1ccc(Br)cc1)c1ccc(OCC#N)cc1. The molecule has 0 saturated carbocycles. The maximum atomic E-state index is 11.8. The van der Waals surface area contributed by atoms with Crippen LogP contribution in [0.2, 0.25) is 0 Å². The van der Waals surface area contributed by atoms with E-state index < -0.39 is 0 Å². The number of benzene rings is 2. The first kappa shape index (κ1) is 18.5. The molecule has 2 aromatic rings. The number of amides is 1. The third-order valence-electron chi connectivity index (χ3n) is 3.11. The summed E-state index contributed by atoms with van der Waals surface area (Å²) in [6.07, 6.45) is 0. The second-order valence-corrected chi connectivity index (χ2v) is 5.86. The zero-order valence-electron chi connectivity index (χ0n) is 13.5. The van der Waals surface area contributed by atoms with Crippen molar-refractivity contribution in [3.8, 4) is 17.6 Å². The van der Waals surface area contributed by atoms with E-state index in [0.29, 0.717) is 17.2 Å². The molecule has 0 bridgehead atoms. The Morgan fingerprint density at radius 3 is 2.36 bits per heavy atom. The predicted octanol–water partition coefficient (Wildman–Crippen LogP) is 3.27. The second kappa shape index (κ2) is 9.45. The van der Waals surface area contributed by atoms with Crippen molar-refractivity contribution in [3.05, 3.63) is 58.6 Å². The van der Waals surface area contributed by atoms with Gasteiger partial charge in [0.15, 0.2) is 13.2 Å². The van der Waals surface area contributed by atoms with Crippen LogP contribution in [0.3, 0.4) is 0 Å². The molecule has 0 atom stereocenters. The van der Waals surface area contributed by atoms with Gasteiger partial charge in [0, 0.05) is 4.47 Å². The molecule has 0 saturated heterocycles. The molecule has 0 unspecified atom stereocenters. The molecule has 7 heteroatoms. The van der Waals surface area contributed by atoms with Gasteiger partial charge < -0.3 is 9.47 Å². The molecule has 0 aliphatic rings. The van der Waals surface area contributed by atoms with Crippen molar-refractivity contribution in [1.82, 2.24) is 5.43 Å². The van der Waals surface area contributed by atoms with Crippen LogP contribution in [0.25, 0.3) is 0 Å². The minimum Gasteiger partial charge on any atom is -0.484 e. The van der Waals surface area contributed by atoms with Crippen molar-refractivity contribution in [3.63, 3.8) is 0 Å². The first-order valence-electron chi connectivity index (χ1n) is 7.40. The van der Waals surface area contributed by atoms with E-state index in [2.05, 4.69) is 26.5 Å². The summed E-state index contributed by atoms with van der Waals surface area (Å²) in [5.41, 5.74) is 3.93. The third-order valence-corrected chi connectivity index (χ3v) is 3.64. The van der Waals surface area contributed by atoms with Crippen LogP contribution in [-0.4, -0.2) is 24.8 Å². The third kappa shape index (κ3) is 6.28. The van der Waals surface area contributed by atoms with Gasteiger partial charge in [0.1, 0.15) is 17.6 Å². The lowest BCUT2D eigenvalue weighted by atomic mass is 10.1. The summed E-state index contributed by atoms with van der Waals surface area (Å²) in [4.78, 5) is 11.8. The molecule has 0 fully saturated rings. The lowest BCUT2D eigenvalue weighted by Gasteiger charge is -2.06. The average Bonchev–Trinajstić information content (AvgIpc) is 2.64. The van der Waals surface area contributed by atoms with Gasteiger partial charge in [-0.05, 0) is 61.0 Å². The smallest absolute Gasteiger partial charge is 0.277 e. The molecule has 1 amide bonds. The highest BCUT2D eigenvalue weighted by atomic mass is 79.9. The molecule has 2 rings (SSSR count). The van der Waals surface area contributed by atoms with E-state index in [0.717, 1.165) is 10.0 Å². The number of hydrogen-bond acceptors (Lipinski definition) is 5. The van der Waals surface area contributed by atoms with E-state index >= 15 is 0 Å². The predicted molar refractivity (Wildman–Crippen MR) is 97.5 cm³/mol. The van der Waals surface area contributed by atoms with Crippen LogP contribution in [0.1, 0.15) is 12.5 Å². The summed E-state index contributed by atoms with van der Waals surface area (Å²) in [5, 5.41) is 12.5. The first-order chi connectivity index (χ1) is 12.1. The summed E-state index contributed by atoms with van der Waals surface area (Å²) < 4.78 is 11.5. The van der Waals surface area contributed by atoms with E-state index in [9.17, 15) is 4.79 Å².